The van der Waals surface area contributed by atoms with E-state index >= 15 is 0 Å². The molecule has 0 bridgehead atoms. The van der Waals surface area contributed by atoms with Crippen LogP contribution in [-0.2, 0) is 9.53 Å². The number of carbonyl (C=O) groups is 2. The number of hydrogen-bond acceptors (Lipinski definition) is 3. The molecule has 1 fully saturated rings. The summed E-state index contributed by atoms with van der Waals surface area (Å²) in [5.74, 6) is 1.17. The molecule has 1 aliphatic rings. The predicted molar refractivity (Wildman–Crippen MR) is 70.0 cm³/mol. The van der Waals surface area contributed by atoms with Crippen LogP contribution >= 0.6 is 0 Å². The molecule has 1 aliphatic carbocycles. The first-order valence-corrected chi connectivity index (χ1v) is 6.93. The van der Waals surface area contributed by atoms with Crippen LogP contribution in [0.2, 0.25) is 0 Å². The van der Waals surface area contributed by atoms with Crippen molar-refractivity contribution in [3.8, 4) is 0 Å². The molecule has 0 radical (unpaired) electrons. The molecule has 0 saturated heterocycles. The summed E-state index contributed by atoms with van der Waals surface area (Å²) in [6, 6.07) is 0. The van der Waals surface area contributed by atoms with E-state index in [-0.39, 0.29) is 18.4 Å². The van der Waals surface area contributed by atoms with Crippen LogP contribution in [0.1, 0.15) is 47.0 Å². The molecule has 1 saturated carbocycles. The quantitative estimate of drug-likeness (QED) is 0.843. The molecule has 1 rings (SSSR count). The van der Waals surface area contributed by atoms with Crippen LogP contribution in [-0.4, -0.2) is 18.6 Å². The molecular weight excluding hydrogens is 230 g/mol. The van der Waals surface area contributed by atoms with E-state index in [9.17, 15) is 9.59 Å². The van der Waals surface area contributed by atoms with Gasteiger partial charge in [0.25, 0.3) is 0 Å². The Labute approximate surface area is 109 Å². The lowest BCUT2D eigenvalue weighted by atomic mass is 9.70. The standard InChI is InChI=1S/C14H25NO3/c1-5-18-14(17)15-13(16)12-8-10(4)6-7-11(12)9(2)3/h9-12H,5-8H2,1-4H3,(H,15,16,17)/t10-,11+,12?/m1/s1. The van der Waals surface area contributed by atoms with E-state index in [1.807, 2.05) is 0 Å². The zero-order valence-corrected chi connectivity index (χ0v) is 11.9. The highest BCUT2D eigenvalue weighted by atomic mass is 16.5. The Morgan fingerprint density at radius 2 is 2.00 bits per heavy atom. The maximum atomic E-state index is 12.1. The predicted octanol–water partition coefficient (Wildman–Crippen LogP) is 2.97. The van der Waals surface area contributed by atoms with Crippen molar-refractivity contribution in [1.82, 2.24) is 5.32 Å². The molecule has 0 aromatic rings. The summed E-state index contributed by atoms with van der Waals surface area (Å²) in [5.41, 5.74) is 0. The van der Waals surface area contributed by atoms with Crippen molar-refractivity contribution in [2.75, 3.05) is 6.61 Å². The second kappa shape index (κ2) is 6.76. The monoisotopic (exact) mass is 255 g/mol. The van der Waals surface area contributed by atoms with Crippen molar-refractivity contribution in [3.05, 3.63) is 0 Å². The maximum Gasteiger partial charge on any atom is 0.413 e. The van der Waals surface area contributed by atoms with Crippen LogP contribution < -0.4 is 5.32 Å². The maximum absolute atomic E-state index is 12.1. The average Bonchev–Trinajstić information content (AvgIpc) is 2.28. The molecule has 104 valence electrons. The third-order valence-corrected chi connectivity index (χ3v) is 3.86. The lowest BCUT2D eigenvalue weighted by molar-refractivity contribution is -0.128. The Morgan fingerprint density at radius 3 is 2.56 bits per heavy atom. The smallest absolute Gasteiger partial charge is 0.413 e. The van der Waals surface area contributed by atoms with Gasteiger partial charge in [0, 0.05) is 5.92 Å². The van der Waals surface area contributed by atoms with Gasteiger partial charge < -0.3 is 4.74 Å². The van der Waals surface area contributed by atoms with Gasteiger partial charge in [-0.15, -0.1) is 0 Å². The van der Waals surface area contributed by atoms with E-state index in [2.05, 4.69) is 26.1 Å². The first kappa shape index (κ1) is 15.0. The van der Waals surface area contributed by atoms with Gasteiger partial charge in [-0.25, -0.2) is 4.79 Å². The van der Waals surface area contributed by atoms with Gasteiger partial charge in [-0.2, -0.15) is 0 Å². The van der Waals surface area contributed by atoms with Crippen LogP contribution in [0.4, 0.5) is 4.79 Å². The van der Waals surface area contributed by atoms with E-state index in [0.717, 1.165) is 12.8 Å². The zero-order valence-electron chi connectivity index (χ0n) is 11.9. The summed E-state index contributed by atoms with van der Waals surface area (Å²) in [6.45, 7) is 8.47. The van der Waals surface area contributed by atoms with Crippen LogP contribution in [0.15, 0.2) is 0 Å². The van der Waals surface area contributed by atoms with Crippen LogP contribution in [0.25, 0.3) is 0 Å². The highest BCUT2D eigenvalue weighted by molar-refractivity contribution is 5.93. The van der Waals surface area contributed by atoms with Gasteiger partial charge in [0.15, 0.2) is 0 Å². The van der Waals surface area contributed by atoms with Gasteiger partial charge in [0.2, 0.25) is 5.91 Å². The number of ether oxygens (including phenoxy) is 1. The summed E-state index contributed by atoms with van der Waals surface area (Å²) in [5, 5.41) is 2.36. The number of nitrogens with one attached hydrogen (secondary N) is 1. The molecule has 3 atom stereocenters. The number of alkyl carbamates (subject to hydrolysis) is 1. The lowest BCUT2D eigenvalue weighted by Crippen LogP contribution is -2.42. The van der Waals surface area contributed by atoms with Crippen molar-refractivity contribution in [3.63, 3.8) is 0 Å². The second-order valence-corrected chi connectivity index (χ2v) is 5.64. The largest absolute Gasteiger partial charge is 0.450 e. The van der Waals surface area contributed by atoms with Gasteiger partial charge in [-0.1, -0.05) is 27.2 Å². The Kier molecular flexibility index (Phi) is 5.63. The Morgan fingerprint density at radius 1 is 1.33 bits per heavy atom. The van der Waals surface area contributed by atoms with Crippen molar-refractivity contribution < 1.29 is 14.3 Å². The van der Waals surface area contributed by atoms with Crippen molar-refractivity contribution in [2.24, 2.45) is 23.7 Å². The first-order chi connectivity index (χ1) is 8.45. The topological polar surface area (TPSA) is 55.4 Å². The molecule has 1 unspecified atom stereocenters. The molecule has 2 amide bonds. The number of hydrogen-bond donors (Lipinski definition) is 1. The van der Waals surface area contributed by atoms with Crippen molar-refractivity contribution in [2.45, 2.75) is 47.0 Å². The summed E-state index contributed by atoms with van der Waals surface area (Å²) < 4.78 is 4.76. The Hall–Kier alpha value is -1.06. The minimum Gasteiger partial charge on any atom is -0.450 e. The van der Waals surface area contributed by atoms with Gasteiger partial charge in [0.1, 0.15) is 0 Å². The molecule has 18 heavy (non-hydrogen) atoms. The Bertz CT molecular complexity index is 301. The van der Waals surface area contributed by atoms with E-state index in [1.54, 1.807) is 6.92 Å². The lowest BCUT2D eigenvalue weighted by Gasteiger charge is -2.36. The number of rotatable bonds is 3. The molecule has 0 spiro atoms. The van der Waals surface area contributed by atoms with Crippen LogP contribution in [0.3, 0.4) is 0 Å². The SMILES string of the molecule is CCOC(=O)NC(=O)C1C[C@H](C)CC[C@H]1C(C)C. The van der Waals surface area contributed by atoms with Crippen LogP contribution in [0.5, 0.6) is 0 Å². The first-order valence-electron chi connectivity index (χ1n) is 6.93. The highest BCUT2D eigenvalue weighted by Gasteiger charge is 2.36. The second-order valence-electron chi connectivity index (χ2n) is 5.64. The summed E-state index contributed by atoms with van der Waals surface area (Å²) in [7, 11) is 0. The zero-order chi connectivity index (χ0) is 13.7. The highest BCUT2D eigenvalue weighted by Crippen LogP contribution is 2.38. The van der Waals surface area contributed by atoms with E-state index in [4.69, 9.17) is 4.74 Å². The fraction of sp³-hybridized carbons (Fsp3) is 0.857. The fourth-order valence-corrected chi connectivity index (χ4v) is 2.86. The normalized spacial score (nSPS) is 27.9. The fourth-order valence-electron chi connectivity index (χ4n) is 2.86. The number of carbonyl (C=O) groups excluding carboxylic acids is 2. The van der Waals surface area contributed by atoms with E-state index in [0.29, 0.717) is 17.8 Å². The van der Waals surface area contributed by atoms with Crippen LogP contribution in [0, 0.1) is 23.7 Å². The third-order valence-electron chi connectivity index (χ3n) is 3.86. The van der Waals surface area contributed by atoms with E-state index < -0.39 is 6.09 Å². The number of amides is 2. The molecule has 4 nitrogen and oxygen atoms in total. The molecule has 0 aromatic heterocycles. The molecule has 4 heteroatoms. The minimum absolute atomic E-state index is 0.0573. The van der Waals surface area contributed by atoms with Gasteiger partial charge in [-0.3, -0.25) is 10.1 Å². The third kappa shape index (κ3) is 4.00. The average molecular weight is 255 g/mol. The Balaban J connectivity index is 2.64. The van der Waals surface area contributed by atoms with E-state index in [1.165, 1.54) is 6.42 Å². The molecule has 0 heterocycles. The molecular formula is C14H25NO3. The van der Waals surface area contributed by atoms with Gasteiger partial charge in [-0.05, 0) is 37.5 Å². The number of imide groups is 1. The van der Waals surface area contributed by atoms with Crippen molar-refractivity contribution >= 4 is 12.0 Å². The minimum atomic E-state index is -0.622. The molecule has 1 N–H and O–H groups in total. The van der Waals surface area contributed by atoms with Gasteiger partial charge >= 0.3 is 6.09 Å². The summed E-state index contributed by atoms with van der Waals surface area (Å²) in [6.07, 6.45) is 2.49. The summed E-state index contributed by atoms with van der Waals surface area (Å²) in [4.78, 5) is 23.4. The summed E-state index contributed by atoms with van der Waals surface area (Å²) >= 11 is 0. The molecule has 0 aliphatic heterocycles. The van der Waals surface area contributed by atoms with Gasteiger partial charge in [0.05, 0.1) is 6.61 Å². The van der Waals surface area contributed by atoms with Crippen molar-refractivity contribution in [1.29, 1.82) is 0 Å². The molecule has 0 aromatic carbocycles.